The predicted molar refractivity (Wildman–Crippen MR) is 136 cm³/mol. The number of hydrogen-bond donors (Lipinski definition) is 0. The van der Waals surface area contributed by atoms with E-state index in [1.807, 2.05) is 18.2 Å². The number of esters is 1. The molecule has 11 heteroatoms. The zero-order chi connectivity index (χ0) is 25.7. The van der Waals surface area contributed by atoms with Crippen LogP contribution in [0, 0.1) is 5.92 Å². The van der Waals surface area contributed by atoms with Crippen LogP contribution in [-0.2, 0) is 9.53 Å². The van der Waals surface area contributed by atoms with Gasteiger partial charge in [-0.05, 0) is 38.0 Å². The molecule has 0 saturated carbocycles. The van der Waals surface area contributed by atoms with Crippen LogP contribution >= 0.6 is 11.6 Å². The number of anilines is 2. The first-order valence-corrected chi connectivity index (χ1v) is 12.5. The summed E-state index contributed by atoms with van der Waals surface area (Å²) in [4.78, 5) is 40.4. The molecule has 194 valence electrons. The highest BCUT2D eigenvalue weighted by Crippen LogP contribution is 2.32. The van der Waals surface area contributed by atoms with Crippen LogP contribution in [0.4, 0.5) is 11.6 Å². The van der Waals surface area contributed by atoms with Crippen LogP contribution in [0.1, 0.15) is 30.1 Å². The van der Waals surface area contributed by atoms with Gasteiger partial charge >= 0.3 is 5.97 Å². The van der Waals surface area contributed by atoms with Crippen molar-refractivity contribution in [3.05, 3.63) is 35.0 Å². The normalized spacial score (nSPS) is 18.1. The first kappa shape index (κ1) is 25.8. The number of halogens is 1. The number of carbonyl (C=O) groups excluding carboxylic acids is 2. The van der Waals surface area contributed by atoms with Crippen molar-refractivity contribution < 1.29 is 23.8 Å². The van der Waals surface area contributed by atoms with Crippen LogP contribution in [0.25, 0.3) is 0 Å². The Morgan fingerprint density at radius 2 is 1.83 bits per heavy atom. The minimum atomic E-state index is -0.316. The fraction of sp³-hybridized carbons (Fsp3) is 0.520. The molecule has 0 radical (unpaired) electrons. The Balaban J connectivity index is 1.44. The molecule has 2 aliphatic heterocycles. The number of rotatable bonds is 7. The van der Waals surface area contributed by atoms with Gasteiger partial charge in [-0.1, -0.05) is 11.6 Å². The Kier molecular flexibility index (Phi) is 8.35. The van der Waals surface area contributed by atoms with Gasteiger partial charge in [-0.2, -0.15) is 4.98 Å². The molecule has 0 aliphatic carbocycles. The predicted octanol–water partition coefficient (Wildman–Crippen LogP) is 2.89. The molecule has 1 amide bonds. The van der Waals surface area contributed by atoms with Crippen LogP contribution in [0.3, 0.4) is 0 Å². The Bertz CT molecular complexity index is 1090. The molecule has 1 aromatic heterocycles. The maximum atomic E-state index is 13.3. The largest absolute Gasteiger partial charge is 0.495 e. The number of piperazine rings is 1. The summed E-state index contributed by atoms with van der Waals surface area (Å²) in [5.74, 6) is 0.680. The molecule has 2 aromatic rings. The maximum absolute atomic E-state index is 13.3. The average molecular weight is 518 g/mol. The highest BCUT2D eigenvalue weighted by molar-refractivity contribution is 6.31. The molecule has 0 spiro atoms. The van der Waals surface area contributed by atoms with Gasteiger partial charge in [-0.15, -0.1) is 0 Å². The lowest BCUT2D eigenvalue weighted by molar-refractivity contribution is -0.149. The van der Waals surface area contributed by atoms with Crippen LogP contribution in [0.5, 0.6) is 11.6 Å². The summed E-state index contributed by atoms with van der Waals surface area (Å²) in [6.45, 7) is 5.80. The van der Waals surface area contributed by atoms with E-state index in [0.717, 1.165) is 30.9 Å². The smallest absolute Gasteiger partial charge is 0.310 e. The fourth-order valence-electron chi connectivity index (χ4n) is 4.65. The average Bonchev–Trinajstić information content (AvgIpc) is 2.92. The molecule has 2 aliphatic rings. The molecule has 36 heavy (non-hydrogen) atoms. The number of ether oxygens (including phenoxy) is 3. The minimum absolute atomic E-state index is 0.224. The number of amides is 1. The van der Waals surface area contributed by atoms with Crippen molar-refractivity contribution in [2.24, 2.45) is 5.92 Å². The topological polar surface area (TPSA) is 97.3 Å². The Hall–Kier alpha value is -3.27. The number of benzene rings is 1. The Morgan fingerprint density at radius 1 is 1.08 bits per heavy atom. The summed E-state index contributed by atoms with van der Waals surface area (Å²) in [5, 5.41) is 0.656. The van der Waals surface area contributed by atoms with Crippen LogP contribution in [0.2, 0.25) is 5.02 Å². The van der Waals surface area contributed by atoms with E-state index >= 15 is 0 Å². The first-order valence-electron chi connectivity index (χ1n) is 12.2. The summed E-state index contributed by atoms with van der Waals surface area (Å²) < 4.78 is 16.1. The zero-order valence-corrected chi connectivity index (χ0v) is 21.7. The van der Waals surface area contributed by atoms with Crippen molar-refractivity contribution in [3.63, 3.8) is 0 Å². The van der Waals surface area contributed by atoms with Gasteiger partial charge in [0.1, 0.15) is 11.3 Å². The van der Waals surface area contributed by atoms with Crippen molar-refractivity contribution in [2.45, 2.75) is 19.8 Å². The third-order valence-corrected chi connectivity index (χ3v) is 6.77. The molecule has 4 rings (SSSR count). The van der Waals surface area contributed by atoms with Crippen molar-refractivity contribution in [2.75, 3.05) is 69.9 Å². The van der Waals surface area contributed by atoms with E-state index < -0.39 is 0 Å². The van der Waals surface area contributed by atoms with Gasteiger partial charge in [0.25, 0.3) is 5.91 Å². The van der Waals surface area contributed by atoms with Crippen LogP contribution < -0.4 is 19.3 Å². The van der Waals surface area contributed by atoms with Gasteiger partial charge < -0.3 is 28.9 Å². The Morgan fingerprint density at radius 3 is 2.53 bits per heavy atom. The Labute approximate surface area is 216 Å². The maximum Gasteiger partial charge on any atom is 0.310 e. The van der Waals surface area contributed by atoms with E-state index in [1.165, 1.54) is 13.3 Å². The number of piperidine rings is 1. The third-order valence-electron chi connectivity index (χ3n) is 6.54. The highest BCUT2D eigenvalue weighted by atomic mass is 35.5. The van der Waals surface area contributed by atoms with E-state index in [1.54, 1.807) is 18.9 Å². The quantitative estimate of drug-likeness (QED) is 0.513. The third kappa shape index (κ3) is 5.59. The van der Waals surface area contributed by atoms with Crippen molar-refractivity contribution in [1.82, 2.24) is 14.9 Å². The van der Waals surface area contributed by atoms with E-state index in [0.29, 0.717) is 50.2 Å². The molecule has 2 saturated heterocycles. The van der Waals surface area contributed by atoms with Crippen molar-refractivity contribution >= 4 is 35.1 Å². The van der Waals surface area contributed by atoms with E-state index in [4.69, 9.17) is 25.8 Å². The molecule has 1 aromatic carbocycles. The standard InChI is InChI=1S/C25H32ClN5O5/c1-4-36-24(33)17-6-5-9-31(16-17)23(32)19-15-27-25(28-22(19)35-3)30-12-10-29(11-13-30)20-14-18(26)7-8-21(20)34-2/h7-8,14-15,17H,4-6,9-13,16H2,1-3H3/t17-/m1/s1. The summed E-state index contributed by atoms with van der Waals surface area (Å²) in [5.41, 5.74) is 1.24. The second-order valence-electron chi connectivity index (χ2n) is 8.73. The van der Waals surface area contributed by atoms with Gasteiger partial charge in [-0.3, -0.25) is 9.59 Å². The summed E-state index contributed by atoms with van der Waals surface area (Å²) in [6.07, 6.45) is 2.96. The van der Waals surface area contributed by atoms with Gasteiger partial charge in [0.2, 0.25) is 11.8 Å². The summed E-state index contributed by atoms with van der Waals surface area (Å²) in [7, 11) is 3.14. The molecule has 0 N–H and O–H groups in total. The number of hydrogen-bond acceptors (Lipinski definition) is 9. The van der Waals surface area contributed by atoms with Gasteiger partial charge in [0.05, 0.1) is 32.4 Å². The second-order valence-corrected chi connectivity index (χ2v) is 9.16. The van der Waals surface area contributed by atoms with Crippen LogP contribution in [-0.4, -0.2) is 86.8 Å². The molecule has 0 bridgehead atoms. The SMILES string of the molecule is CCOC(=O)[C@@H]1CCCN(C(=O)c2cnc(N3CCN(c4cc(Cl)ccc4OC)CC3)nc2OC)C1. The first-order chi connectivity index (χ1) is 17.4. The lowest BCUT2D eigenvalue weighted by Crippen LogP contribution is -2.47. The minimum Gasteiger partial charge on any atom is -0.495 e. The number of likely N-dealkylation sites (tertiary alicyclic amines) is 1. The summed E-state index contributed by atoms with van der Waals surface area (Å²) in [6, 6.07) is 5.58. The molecule has 2 fully saturated rings. The highest BCUT2D eigenvalue weighted by Gasteiger charge is 2.32. The molecular formula is C25H32ClN5O5. The van der Waals surface area contributed by atoms with Crippen molar-refractivity contribution in [3.8, 4) is 11.6 Å². The van der Waals surface area contributed by atoms with Gasteiger partial charge in [0.15, 0.2) is 0 Å². The molecule has 1 atom stereocenters. The number of methoxy groups -OCH3 is 2. The lowest BCUT2D eigenvalue weighted by Gasteiger charge is -2.36. The van der Waals surface area contributed by atoms with Crippen LogP contribution in [0.15, 0.2) is 24.4 Å². The summed E-state index contributed by atoms with van der Waals surface area (Å²) >= 11 is 6.20. The molecular weight excluding hydrogens is 486 g/mol. The number of nitrogens with zero attached hydrogens (tertiary/aromatic N) is 5. The van der Waals surface area contributed by atoms with Gasteiger partial charge in [0, 0.05) is 50.5 Å². The fourth-order valence-corrected chi connectivity index (χ4v) is 4.82. The molecule has 10 nitrogen and oxygen atoms in total. The molecule has 3 heterocycles. The molecule has 0 unspecified atom stereocenters. The number of aromatic nitrogens is 2. The monoisotopic (exact) mass is 517 g/mol. The van der Waals surface area contributed by atoms with E-state index in [9.17, 15) is 9.59 Å². The zero-order valence-electron chi connectivity index (χ0n) is 20.9. The number of carbonyl (C=O) groups is 2. The van der Waals surface area contributed by atoms with Gasteiger partial charge in [-0.25, -0.2) is 4.98 Å². The van der Waals surface area contributed by atoms with E-state index in [2.05, 4.69) is 19.8 Å². The second kappa shape index (κ2) is 11.6. The van der Waals surface area contributed by atoms with E-state index in [-0.39, 0.29) is 29.2 Å². The van der Waals surface area contributed by atoms with Crippen molar-refractivity contribution in [1.29, 1.82) is 0 Å². The lowest BCUT2D eigenvalue weighted by atomic mass is 9.97.